The lowest BCUT2D eigenvalue weighted by molar-refractivity contribution is -0.138. The topological polar surface area (TPSA) is 110 Å². The highest BCUT2D eigenvalue weighted by atomic mass is 16.6. The van der Waals surface area contributed by atoms with E-state index in [-0.39, 0.29) is 11.8 Å². The van der Waals surface area contributed by atoms with E-state index in [1.165, 1.54) is 0 Å². The Hall–Kier alpha value is -3.07. The zero-order valence-electron chi connectivity index (χ0n) is 19.5. The normalized spacial score (nSPS) is 19.0. The van der Waals surface area contributed by atoms with Crippen LogP contribution in [0.3, 0.4) is 0 Å². The number of nitrogen functional groups attached to an aromatic ring is 1. The van der Waals surface area contributed by atoms with Crippen LogP contribution in [-0.4, -0.2) is 69.7 Å². The number of likely N-dealkylation sites (tertiary alicyclic amines) is 2. The number of carbonyl (C=O) groups is 1. The van der Waals surface area contributed by atoms with Crippen LogP contribution in [0.1, 0.15) is 42.6 Å². The van der Waals surface area contributed by atoms with Crippen molar-refractivity contribution < 1.29 is 9.63 Å². The molecule has 0 saturated carbocycles. The van der Waals surface area contributed by atoms with Gasteiger partial charge in [-0.2, -0.15) is 0 Å². The number of nitrogens with zero attached hydrogens (tertiary/aromatic N) is 6. The van der Waals surface area contributed by atoms with E-state index < -0.39 is 0 Å². The summed E-state index contributed by atoms with van der Waals surface area (Å²) in [7, 11) is 1.57. The fourth-order valence-electron chi connectivity index (χ4n) is 4.79. The summed E-state index contributed by atoms with van der Waals surface area (Å²) in [5.41, 5.74) is 9.31. The maximum atomic E-state index is 13.2. The molecule has 2 N–H and O–H groups in total. The van der Waals surface area contributed by atoms with Gasteiger partial charge < -0.3 is 15.5 Å². The number of hydrogen-bond acceptors (Lipinski definition) is 8. The van der Waals surface area contributed by atoms with Crippen LogP contribution in [0.4, 0.5) is 5.95 Å². The highest BCUT2D eigenvalue weighted by Gasteiger charge is 2.32. The van der Waals surface area contributed by atoms with E-state index in [0.717, 1.165) is 81.1 Å². The van der Waals surface area contributed by atoms with Crippen molar-refractivity contribution >= 4 is 17.6 Å². The number of carbonyl (C=O) groups excluding carboxylic acids is 1. The molecule has 33 heavy (non-hydrogen) atoms. The smallest absolute Gasteiger partial charge is 0.225 e. The standard InChI is InChI=1S/C24H33N7O2/c1-17-4-3-5-21(28-17)22(29-33-2)19-8-12-31(13-9-19)23(32)20-6-10-30(11-7-20)16-18-14-26-24(25)27-15-18/h3-5,14-15,19-20H,6-13,16H2,1-2H3,(H2,25,26,27)/b29-22-. The molecule has 2 fully saturated rings. The number of oxime groups is 1. The fraction of sp³-hybridized carbons (Fsp3) is 0.542. The average molecular weight is 452 g/mol. The van der Waals surface area contributed by atoms with Gasteiger partial charge >= 0.3 is 0 Å². The molecule has 176 valence electrons. The Labute approximate surface area is 195 Å². The number of amides is 1. The minimum Gasteiger partial charge on any atom is -0.399 e. The first-order chi connectivity index (χ1) is 16.0. The Bertz CT molecular complexity index is 963. The van der Waals surface area contributed by atoms with Crippen molar-refractivity contribution in [3.8, 4) is 0 Å². The number of piperidine rings is 2. The van der Waals surface area contributed by atoms with Crippen LogP contribution in [0.2, 0.25) is 0 Å². The Morgan fingerprint density at radius 3 is 2.39 bits per heavy atom. The first-order valence-electron chi connectivity index (χ1n) is 11.7. The monoisotopic (exact) mass is 451 g/mol. The van der Waals surface area contributed by atoms with Crippen LogP contribution in [0.25, 0.3) is 0 Å². The van der Waals surface area contributed by atoms with Crippen molar-refractivity contribution in [3.63, 3.8) is 0 Å². The van der Waals surface area contributed by atoms with Crippen molar-refractivity contribution in [3.05, 3.63) is 47.5 Å². The van der Waals surface area contributed by atoms with Crippen LogP contribution in [0.15, 0.2) is 35.7 Å². The lowest BCUT2D eigenvalue weighted by Gasteiger charge is -2.37. The molecule has 9 nitrogen and oxygen atoms in total. The van der Waals surface area contributed by atoms with Gasteiger partial charge in [-0.3, -0.25) is 14.7 Å². The number of aromatic nitrogens is 3. The Morgan fingerprint density at radius 2 is 1.76 bits per heavy atom. The summed E-state index contributed by atoms with van der Waals surface area (Å²) in [5, 5.41) is 4.30. The SMILES string of the molecule is CO/N=C(\c1cccc(C)n1)C1CCN(C(=O)C2CCN(Cc3cnc(N)nc3)CC2)CC1. The first kappa shape index (κ1) is 23.1. The zero-order valence-corrected chi connectivity index (χ0v) is 19.5. The quantitative estimate of drug-likeness (QED) is 0.530. The molecule has 0 aliphatic carbocycles. The predicted molar refractivity (Wildman–Crippen MR) is 126 cm³/mol. The summed E-state index contributed by atoms with van der Waals surface area (Å²) < 4.78 is 0. The van der Waals surface area contributed by atoms with Crippen LogP contribution in [-0.2, 0) is 16.2 Å². The van der Waals surface area contributed by atoms with E-state index in [1.807, 2.05) is 30.0 Å². The first-order valence-corrected chi connectivity index (χ1v) is 11.7. The maximum absolute atomic E-state index is 13.2. The molecule has 0 aromatic carbocycles. The van der Waals surface area contributed by atoms with Gasteiger partial charge in [0.25, 0.3) is 0 Å². The molecule has 2 saturated heterocycles. The molecular weight excluding hydrogens is 418 g/mol. The third-order valence-electron chi connectivity index (χ3n) is 6.60. The minimum atomic E-state index is 0.103. The van der Waals surface area contributed by atoms with Gasteiger partial charge in [-0.25, -0.2) is 9.97 Å². The largest absolute Gasteiger partial charge is 0.399 e. The Balaban J connectivity index is 1.28. The van der Waals surface area contributed by atoms with Crippen molar-refractivity contribution in [1.82, 2.24) is 24.8 Å². The van der Waals surface area contributed by atoms with E-state index in [4.69, 9.17) is 10.6 Å². The van der Waals surface area contributed by atoms with E-state index in [2.05, 4.69) is 25.0 Å². The van der Waals surface area contributed by atoms with Crippen molar-refractivity contribution in [1.29, 1.82) is 0 Å². The zero-order chi connectivity index (χ0) is 23.2. The van der Waals surface area contributed by atoms with Gasteiger partial charge in [0.1, 0.15) is 12.8 Å². The summed E-state index contributed by atoms with van der Waals surface area (Å²) in [6, 6.07) is 5.95. The van der Waals surface area contributed by atoms with E-state index >= 15 is 0 Å². The lowest BCUT2D eigenvalue weighted by Crippen LogP contribution is -2.46. The van der Waals surface area contributed by atoms with Crippen LogP contribution < -0.4 is 5.73 Å². The molecule has 2 aliphatic heterocycles. The fourth-order valence-corrected chi connectivity index (χ4v) is 4.79. The minimum absolute atomic E-state index is 0.103. The lowest BCUT2D eigenvalue weighted by atomic mass is 9.88. The molecule has 0 spiro atoms. The van der Waals surface area contributed by atoms with E-state index in [0.29, 0.717) is 11.9 Å². The molecule has 4 rings (SSSR count). The van der Waals surface area contributed by atoms with Gasteiger partial charge in [0, 0.05) is 55.1 Å². The summed E-state index contributed by atoms with van der Waals surface area (Å²) in [5.74, 6) is 0.934. The third-order valence-corrected chi connectivity index (χ3v) is 6.60. The second-order valence-corrected chi connectivity index (χ2v) is 8.92. The maximum Gasteiger partial charge on any atom is 0.225 e. The van der Waals surface area contributed by atoms with Crippen LogP contribution >= 0.6 is 0 Å². The number of anilines is 1. The molecule has 0 bridgehead atoms. The highest BCUT2D eigenvalue weighted by molar-refractivity contribution is 6.00. The summed E-state index contributed by atoms with van der Waals surface area (Å²) in [6.07, 6.45) is 7.07. The number of pyridine rings is 1. The van der Waals surface area contributed by atoms with E-state index in [1.54, 1.807) is 19.5 Å². The van der Waals surface area contributed by atoms with Crippen molar-refractivity contribution in [2.24, 2.45) is 17.0 Å². The summed E-state index contributed by atoms with van der Waals surface area (Å²) >= 11 is 0. The molecule has 1 amide bonds. The molecule has 0 atom stereocenters. The van der Waals surface area contributed by atoms with Crippen molar-refractivity contribution in [2.75, 3.05) is 39.0 Å². The van der Waals surface area contributed by atoms with Gasteiger partial charge in [0.2, 0.25) is 11.9 Å². The summed E-state index contributed by atoms with van der Waals surface area (Å²) in [4.78, 5) is 35.5. The van der Waals surface area contributed by atoms with Gasteiger partial charge in [0.15, 0.2) is 0 Å². The molecule has 4 heterocycles. The van der Waals surface area contributed by atoms with E-state index in [9.17, 15) is 4.79 Å². The Kier molecular flexibility index (Phi) is 7.49. The molecule has 2 aliphatic rings. The van der Waals surface area contributed by atoms with Crippen LogP contribution in [0.5, 0.6) is 0 Å². The number of nitrogens with two attached hydrogens (primary N) is 1. The summed E-state index contributed by atoms with van der Waals surface area (Å²) in [6.45, 7) is 6.08. The average Bonchev–Trinajstić information content (AvgIpc) is 2.84. The highest BCUT2D eigenvalue weighted by Crippen LogP contribution is 2.26. The molecule has 2 aromatic rings. The number of rotatable bonds is 6. The molecule has 0 radical (unpaired) electrons. The van der Waals surface area contributed by atoms with Gasteiger partial charge in [-0.05, 0) is 57.8 Å². The molecule has 0 unspecified atom stereocenters. The second-order valence-electron chi connectivity index (χ2n) is 8.92. The molecular formula is C24H33N7O2. The van der Waals surface area contributed by atoms with Gasteiger partial charge in [0.05, 0.1) is 5.69 Å². The van der Waals surface area contributed by atoms with Gasteiger partial charge in [-0.15, -0.1) is 0 Å². The number of hydrogen-bond donors (Lipinski definition) is 1. The Morgan fingerprint density at radius 1 is 1.09 bits per heavy atom. The molecule has 2 aromatic heterocycles. The van der Waals surface area contributed by atoms with Crippen molar-refractivity contribution in [2.45, 2.75) is 39.2 Å². The third kappa shape index (κ3) is 5.84. The van der Waals surface area contributed by atoms with Gasteiger partial charge in [-0.1, -0.05) is 11.2 Å². The second kappa shape index (κ2) is 10.7. The number of aryl methyl sites for hydroxylation is 1. The van der Waals surface area contributed by atoms with Crippen LogP contribution in [0, 0.1) is 18.8 Å². The molecule has 9 heteroatoms. The predicted octanol–water partition coefficient (Wildman–Crippen LogP) is 2.26.